The number of hydrogen-bond acceptors (Lipinski definition) is 7. The first-order valence-electron chi connectivity index (χ1n) is 8.92. The first-order valence-corrected chi connectivity index (χ1v) is 8.92. The molecule has 0 aliphatic carbocycles. The van der Waals surface area contributed by atoms with Crippen LogP contribution in [0.2, 0.25) is 0 Å². The van der Waals surface area contributed by atoms with Gasteiger partial charge in [0, 0.05) is 26.6 Å². The van der Waals surface area contributed by atoms with E-state index in [4.69, 9.17) is 23.7 Å². The van der Waals surface area contributed by atoms with E-state index in [1.54, 1.807) is 18.9 Å². The molecule has 0 bridgehead atoms. The van der Waals surface area contributed by atoms with Gasteiger partial charge in [-0.25, -0.2) is 4.68 Å². The third kappa shape index (κ3) is 4.80. The summed E-state index contributed by atoms with van der Waals surface area (Å²) in [5.41, 5.74) is 0.802. The average molecular weight is 353 g/mol. The Bertz CT molecular complexity index is 546. The monoisotopic (exact) mass is 353 g/mol. The van der Waals surface area contributed by atoms with Crippen molar-refractivity contribution >= 4 is 7.85 Å². The molecule has 0 aromatic carbocycles. The van der Waals surface area contributed by atoms with Gasteiger partial charge in [0.1, 0.15) is 25.7 Å². The summed E-state index contributed by atoms with van der Waals surface area (Å²) in [6, 6.07) is 0.188. The maximum atomic E-state index is 5.99. The topological polar surface area (TPSA) is 76.9 Å². The van der Waals surface area contributed by atoms with Crippen LogP contribution in [0.5, 0.6) is 0 Å². The summed E-state index contributed by atoms with van der Waals surface area (Å²) in [7, 11) is 5.45. The lowest BCUT2D eigenvalue weighted by Crippen LogP contribution is -2.28. The Labute approximate surface area is 149 Å². The summed E-state index contributed by atoms with van der Waals surface area (Å²) in [6.45, 7) is 3.65. The van der Waals surface area contributed by atoms with Gasteiger partial charge in [-0.1, -0.05) is 5.21 Å². The van der Waals surface area contributed by atoms with Gasteiger partial charge < -0.3 is 23.7 Å². The molecule has 9 heteroatoms. The summed E-state index contributed by atoms with van der Waals surface area (Å²) in [6.07, 6.45) is 4.00. The van der Waals surface area contributed by atoms with E-state index in [2.05, 4.69) is 25.1 Å². The highest BCUT2D eigenvalue weighted by Crippen LogP contribution is 2.24. The normalized spacial score (nSPS) is 35.5. The second-order valence-corrected chi connectivity index (χ2v) is 6.95. The molecule has 8 nitrogen and oxygen atoms in total. The fourth-order valence-corrected chi connectivity index (χ4v) is 3.61. The molecule has 3 rings (SSSR count). The SMILES string of the molecule is BC1CC(OCc2cn(CC3OC(C)CC3OC)nn2)C(COC)O1. The first kappa shape index (κ1) is 18.8. The number of methoxy groups -OCH3 is 2. The molecule has 3 heterocycles. The molecule has 0 radical (unpaired) electrons. The maximum Gasteiger partial charge on any atom is 0.139 e. The Balaban J connectivity index is 1.50. The minimum absolute atomic E-state index is 0.00522. The molecule has 0 N–H and O–H groups in total. The number of hydrogen-bond donors (Lipinski definition) is 0. The van der Waals surface area contributed by atoms with E-state index < -0.39 is 0 Å². The molecule has 2 fully saturated rings. The van der Waals surface area contributed by atoms with Crippen LogP contribution < -0.4 is 0 Å². The molecular weight excluding hydrogens is 325 g/mol. The molecule has 25 heavy (non-hydrogen) atoms. The van der Waals surface area contributed by atoms with E-state index in [9.17, 15) is 0 Å². The third-order valence-corrected chi connectivity index (χ3v) is 4.80. The van der Waals surface area contributed by atoms with Crippen molar-refractivity contribution < 1.29 is 23.7 Å². The smallest absolute Gasteiger partial charge is 0.139 e. The number of aromatic nitrogens is 3. The van der Waals surface area contributed by atoms with Crippen LogP contribution in [0, 0.1) is 0 Å². The quantitative estimate of drug-likeness (QED) is 0.597. The van der Waals surface area contributed by atoms with Crippen LogP contribution in [-0.4, -0.2) is 80.2 Å². The van der Waals surface area contributed by atoms with Crippen molar-refractivity contribution in [1.29, 1.82) is 0 Å². The molecular formula is C16H28BN3O5. The zero-order valence-electron chi connectivity index (χ0n) is 15.5. The molecule has 0 saturated carbocycles. The maximum absolute atomic E-state index is 5.99. The zero-order valence-corrected chi connectivity index (χ0v) is 15.5. The van der Waals surface area contributed by atoms with Crippen LogP contribution >= 0.6 is 0 Å². The van der Waals surface area contributed by atoms with Gasteiger partial charge in [-0.2, -0.15) is 0 Å². The van der Waals surface area contributed by atoms with Crippen LogP contribution in [-0.2, 0) is 36.8 Å². The van der Waals surface area contributed by atoms with Gasteiger partial charge in [-0.05, 0) is 13.3 Å². The van der Waals surface area contributed by atoms with Crippen LogP contribution in [0.1, 0.15) is 25.5 Å². The Kier molecular flexibility index (Phi) is 6.46. The predicted molar refractivity (Wildman–Crippen MR) is 92.0 cm³/mol. The fraction of sp³-hybridized carbons (Fsp3) is 0.875. The molecule has 140 valence electrons. The van der Waals surface area contributed by atoms with E-state index in [0.717, 1.165) is 18.5 Å². The van der Waals surface area contributed by atoms with E-state index >= 15 is 0 Å². The molecule has 0 amide bonds. The predicted octanol–water partition coefficient (Wildman–Crippen LogP) is -0.250. The van der Waals surface area contributed by atoms with Crippen molar-refractivity contribution in [2.75, 3.05) is 20.8 Å². The Morgan fingerprint density at radius 3 is 2.84 bits per heavy atom. The standard InChI is InChI=1S/C16H28BN3O5/c1-10-4-12(22-3)14(24-10)7-20-6-11(18-19-20)8-23-13-5-16(17)25-15(13)9-21-2/h6,10,12-16H,4-5,7-9,17H2,1-3H3. The summed E-state index contributed by atoms with van der Waals surface area (Å²) in [5, 5.41) is 8.38. The van der Waals surface area contributed by atoms with Crippen molar-refractivity contribution in [2.24, 2.45) is 0 Å². The largest absolute Gasteiger partial charge is 0.382 e. The second kappa shape index (κ2) is 8.59. The minimum Gasteiger partial charge on any atom is -0.382 e. The van der Waals surface area contributed by atoms with Crippen molar-refractivity contribution in [3.63, 3.8) is 0 Å². The Morgan fingerprint density at radius 2 is 2.08 bits per heavy atom. The first-order chi connectivity index (χ1) is 12.1. The van der Waals surface area contributed by atoms with E-state index in [1.807, 2.05) is 6.20 Å². The second-order valence-electron chi connectivity index (χ2n) is 6.95. The van der Waals surface area contributed by atoms with Crippen molar-refractivity contribution in [1.82, 2.24) is 15.0 Å². The highest BCUT2D eigenvalue weighted by molar-refractivity contribution is 6.11. The van der Waals surface area contributed by atoms with Crippen LogP contribution in [0.4, 0.5) is 0 Å². The highest BCUT2D eigenvalue weighted by atomic mass is 16.6. The van der Waals surface area contributed by atoms with Crippen LogP contribution in [0.25, 0.3) is 0 Å². The number of nitrogens with zero attached hydrogens (tertiary/aromatic N) is 3. The van der Waals surface area contributed by atoms with Crippen molar-refractivity contribution in [2.45, 2.75) is 69.4 Å². The highest BCUT2D eigenvalue weighted by Gasteiger charge is 2.34. The van der Waals surface area contributed by atoms with Gasteiger partial charge in [-0.15, -0.1) is 5.10 Å². The molecule has 2 aliphatic rings. The van der Waals surface area contributed by atoms with Gasteiger partial charge in [0.25, 0.3) is 0 Å². The van der Waals surface area contributed by atoms with E-state index in [0.29, 0.717) is 19.8 Å². The van der Waals surface area contributed by atoms with Crippen LogP contribution in [0.3, 0.4) is 0 Å². The Hall–Kier alpha value is -0.995. The van der Waals surface area contributed by atoms with Crippen LogP contribution in [0.15, 0.2) is 6.20 Å². The van der Waals surface area contributed by atoms with Gasteiger partial charge in [-0.3, -0.25) is 0 Å². The Morgan fingerprint density at radius 1 is 1.24 bits per heavy atom. The lowest BCUT2D eigenvalue weighted by Gasteiger charge is -2.17. The molecule has 6 unspecified atom stereocenters. The fourth-order valence-electron chi connectivity index (χ4n) is 3.61. The third-order valence-electron chi connectivity index (χ3n) is 4.80. The molecule has 2 aliphatic heterocycles. The van der Waals surface area contributed by atoms with E-state index in [1.165, 1.54) is 0 Å². The van der Waals surface area contributed by atoms with Crippen molar-refractivity contribution in [3.8, 4) is 0 Å². The summed E-state index contributed by atoms with van der Waals surface area (Å²) < 4.78 is 30.2. The lowest BCUT2D eigenvalue weighted by atomic mass is 9.96. The van der Waals surface area contributed by atoms with Gasteiger partial charge in [0.2, 0.25) is 0 Å². The zero-order chi connectivity index (χ0) is 17.8. The number of ether oxygens (including phenoxy) is 5. The minimum atomic E-state index is -0.0223. The molecule has 6 atom stereocenters. The number of rotatable bonds is 8. The molecule has 1 aromatic heterocycles. The van der Waals surface area contributed by atoms with Gasteiger partial charge in [0.05, 0.1) is 44.3 Å². The molecule has 2 saturated heterocycles. The summed E-state index contributed by atoms with van der Waals surface area (Å²) in [4.78, 5) is 0. The lowest BCUT2D eigenvalue weighted by molar-refractivity contribution is -0.0522. The average Bonchev–Trinajstić information content (AvgIpc) is 3.26. The molecule has 1 aromatic rings. The summed E-state index contributed by atoms with van der Waals surface area (Å²) in [5.74, 6) is 0. The van der Waals surface area contributed by atoms with Gasteiger partial charge >= 0.3 is 0 Å². The van der Waals surface area contributed by atoms with E-state index in [-0.39, 0.29) is 36.5 Å². The summed E-state index contributed by atoms with van der Waals surface area (Å²) >= 11 is 0. The van der Waals surface area contributed by atoms with Gasteiger partial charge in [0.15, 0.2) is 0 Å². The van der Waals surface area contributed by atoms with Crippen molar-refractivity contribution in [3.05, 3.63) is 11.9 Å². The molecule has 0 spiro atoms.